The number of hydrogen-bond acceptors (Lipinski definition) is 3. The molecule has 3 aromatic carbocycles. The molecule has 3 aromatic rings. The normalized spacial score (nSPS) is 11.8. The van der Waals surface area contributed by atoms with E-state index in [1.54, 1.807) is 0 Å². The maximum Gasteiger partial charge on any atom is 0.416 e. The molecule has 0 aromatic heterocycles. The van der Waals surface area contributed by atoms with Crippen LogP contribution in [0.25, 0.3) is 0 Å². The minimum atomic E-state index is -4.55. The predicted molar refractivity (Wildman–Crippen MR) is 106 cm³/mol. The van der Waals surface area contributed by atoms with E-state index in [0.29, 0.717) is 5.69 Å². The van der Waals surface area contributed by atoms with Gasteiger partial charge in [-0.15, -0.1) is 0 Å². The molecule has 0 aliphatic carbocycles. The number of anilines is 1. The number of hydrogen-bond donors (Lipinski definition) is 1. The Morgan fingerprint density at radius 2 is 0.938 bits per heavy atom. The molecule has 9 heteroatoms. The van der Waals surface area contributed by atoms with Crippen molar-refractivity contribution in [3.8, 4) is 0 Å². The largest absolute Gasteiger partial charge is 0.416 e. The van der Waals surface area contributed by atoms with Crippen LogP contribution in [0.15, 0.2) is 66.7 Å². The average molecular weight is 451 g/mol. The molecule has 32 heavy (non-hydrogen) atoms. The molecule has 0 amide bonds. The van der Waals surface area contributed by atoms with Gasteiger partial charge in [-0.25, -0.2) is 0 Å². The van der Waals surface area contributed by atoms with Crippen molar-refractivity contribution in [2.45, 2.75) is 12.4 Å². The molecule has 3 rings (SSSR count). The van der Waals surface area contributed by atoms with Crippen molar-refractivity contribution < 1.29 is 35.9 Å². The number of benzene rings is 3. The second-order valence-corrected chi connectivity index (χ2v) is 6.86. The third-order valence-electron chi connectivity index (χ3n) is 4.69. The standard InChI is InChI=1S/C23H15F6NO2/c1-30-19-11-15(20(31)13-2-6-17(7-3-13)22(24,25)26)10-16(12-19)21(32)14-4-8-18(9-5-14)23(27,28)29/h2-12,30H,1H3. The molecule has 0 bridgehead atoms. The highest BCUT2D eigenvalue weighted by Gasteiger charge is 2.31. The molecule has 0 spiro atoms. The SMILES string of the molecule is CNc1cc(C(=O)c2ccc(C(F)(F)F)cc2)cc(C(=O)c2ccc(C(F)(F)F)cc2)c1. The predicted octanol–water partition coefficient (Wildman–Crippen LogP) is 6.23. The maximum atomic E-state index is 12.8. The number of nitrogens with one attached hydrogen (secondary N) is 1. The van der Waals surface area contributed by atoms with E-state index in [1.807, 2.05) is 0 Å². The van der Waals surface area contributed by atoms with Crippen molar-refractivity contribution in [2.75, 3.05) is 12.4 Å². The highest BCUT2D eigenvalue weighted by Crippen LogP contribution is 2.31. The Kier molecular flexibility index (Phi) is 6.11. The smallest absolute Gasteiger partial charge is 0.388 e. The molecule has 0 aliphatic heterocycles. The van der Waals surface area contributed by atoms with E-state index in [-0.39, 0.29) is 22.3 Å². The van der Waals surface area contributed by atoms with Crippen molar-refractivity contribution in [3.05, 3.63) is 100 Å². The van der Waals surface area contributed by atoms with Crippen molar-refractivity contribution in [2.24, 2.45) is 0 Å². The Morgan fingerprint density at radius 3 is 1.22 bits per heavy atom. The van der Waals surface area contributed by atoms with E-state index in [2.05, 4.69) is 5.32 Å². The first-order valence-electron chi connectivity index (χ1n) is 9.17. The highest BCUT2D eigenvalue weighted by atomic mass is 19.4. The fourth-order valence-electron chi connectivity index (χ4n) is 2.99. The van der Waals surface area contributed by atoms with Crippen molar-refractivity contribution in [1.29, 1.82) is 0 Å². The van der Waals surface area contributed by atoms with E-state index >= 15 is 0 Å². The summed E-state index contributed by atoms with van der Waals surface area (Å²) >= 11 is 0. The Bertz CT molecular complexity index is 1060. The van der Waals surface area contributed by atoms with Crippen LogP contribution < -0.4 is 5.32 Å². The molecule has 1 N–H and O–H groups in total. The Morgan fingerprint density at radius 1 is 0.594 bits per heavy atom. The van der Waals surface area contributed by atoms with Crippen LogP contribution in [0.5, 0.6) is 0 Å². The van der Waals surface area contributed by atoms with Crippen molar-refractivity contribution in [3.63, 3.8) is 0 Å². The van der Waals surface area contributed by atoms with Gasteiger partial charge in [0.15, 0.2) is 11.6 Å². The second-order valence-electron chi connectivity index (χ2n) is 6.86. The zero-order chi connectivity index (χ0) is 23.7. The number of rotatable bonds is 5. The molecule has 166 valence electrons. The van der Waals surface area contributed by atoms with Gasteiger partial charge in [0.25, 0.3) is 0 Å². The summed E-state index contributed by atoms with van der Waals surface area (Å²) in [7, 11) is 1.54. The Labute approximate surface area is 178 Å². The van der Waals surface area contributed by atoms with Crippen LogP contribution in [0.4, 0.5) is 32.0 Å². The van der Waals surface area contributed by atoms with E-state index in [1.165, 1.54) is 25.2 Å². The van der Waals surface area contributed by atoms with Gasteiger partial charge >= 0.3 is 12.4 Å². The Hall–Kier alpha value is -3.62. The minimum absolute atomic E-state index is 0.0146. The lowest BCUT2D eigenvalue weighted by Crippen LogP contribution is -2.09. The topological polar surface area (TPSA) is 46.2 Å². The van der Waals surface area contributed by atoms with Gasteiger partial charge in [0.05, 0.1) is 11.1 Å². The molecular formula is C23H15F6NO2. The number of alkyl halides is 6. The Balaban J connectivity index is 1.94. The summed E-state index contributed by atoms with van der Waals surface area (Å²) in [4.78, 5) is 25.6. The number of halogens is 6. The average Bonchev–Trinajstić information content (AvgIpc) is 2.76. The number of ketones is 2. The summed E-state index contributed by atoms with van der Waals surface area (Å²) in [5, 5.41) is 2.78. The van der Waals surface area contributed by atoms with E-state index in [4.69, 9.17) is 0 Å². The van der Waals surface area contributed by atoms with Crippen LogP contribution in [0.3, 0.4) is 0 Å². The van der Waals surface area contributed by atoms with Gasteiger partial charge in [0.1, 0.15) is 0 Å². The fourth-order valence-corrected chi connectivity index (χ4v) is 2.99. The molecule has 0 unspecified atom stereocenters. The van der Waals surface area contributed by atoms with Crippen LogP contribution in [-0.4, -0.2) is 18.6 Å². The summed E-state index contributed by atoms with van der Waals surface area (Å²) in [6.07, 6.45) is -9.09. The lowest BCUT2D eigenvalue weighted by molar-refractivity contribution is -0.138. The van der Waals surface area contributed by atoms with E-state index < -0.39 is 35.0 Å². The molecule has 0 heterocycles. The van der Waals surface area contributed by atoms with Crippen LogP contribution in [0, 0.1) is 0 Å². The zero-order valence-corrected chi connectivity index (χ0v) is 16.4. The van der Waals surface area contributed by atoms with Crippen LogP contribution in [-0.2, 0) is 12.4 Å². The van der Waals surface area contributed by atoms with Gasteiger partial charge < -0.3 is 5.32 Å². The summed E-state index contributed by atoms with van der Waals surface area (Å²) < 4.78 is 76.5. The lowest BCUT2D eigenvalue weighted by atomic mass is 9.95. The minimum Gasteiger partial charge on any atom is -0.388 e. The van der Waals surface area contributed by atoms with Crippen LogP contribution in [0.1, 0.15) is 43.0 Å². The van der Waals surface area contributed by atoms with Gasteiger partial charge in [-0.3, -0.25) is 9.59 Å². The van der Waals surface area contributed by atoms with E-state index in [0.717, 1.165) is 48.5 Å². The first-order valence-corrected chi connectivity index (χ1v) is 9.17. The van der Waals surface area contributed by atoms with E-state index in [9.17, 15) is 35.9 Å². The van der Waals surface area contributed by atoms with Gasteiger partial charge in [0.2, 0.25) is 0 Å². The van der Waals surface area contributed by atoms with Gasteiger partial charge in [-0.2, -0.15) is 26.3 Å². The molecule has 0 fully saturated rings. The van der Waals surface area contributed by atoms with Crippen LogP contribution in [0.2, 0.25) is 0 Å². The van der Waals surface area contributed by atoms with Crippen LogP contribution >= 0.6 is 0 Å². The monoisotopic (exact) mass is 451 g/mol. The van der Waals surface area contributed by atoms with Gasteiger partial charge in [-0.05, 0) is 42.5 Å². The molecule has 0 saturated carbocycles. The number of carbonyl (C=O) groups excluding carboxylic acids is 2. The summed E-state index contributed by atoms with van der Waals surface area (Å²) in [6.45, 7) is 0. The first kappa shape index (κ1) is 23.1. The molecule has 0 atom stereocenters. The molecule has 0 radical (unpaired) electrons. The molecule has 0 aliphatic rings. The molecular weight excluding hydrogens is 436 g/mol. The zero-order valence-electron chi connectivity index (χ0n) is 16.4. The second kappa shape index (κ2) is 8.49. The highest BCUT2D eigenvalue weighted by molar-refractivity contribution is 6.14. The van der Waals surface area contributed by atoms with Gasteiger partial charge in [0, 0.05) is 35.0 Å². The van der Waals surface area contributed by atoms with Crippen molar-refractivity contribution >= 4 is 17.3 Å². The maximum absolute atomic E-state index is 12.8. The number of carbonyl (C=O) groups is 2. The third kappa shape index (κ3) is 4.99. The quantitative estimate of drug-likeness (QED) is 0.370. The first-order chi connectivity index (χ1) is 14.9. The fraction of sp³-hybridized carbons (Fsp3) is 0.130. The summed E-state index contributed by atoms with van der Waals surface area (Å²) in [5.74, 6) is -1.23. The third-order valence-corrected chi connectivity index (χ3v) is 4.69. The summed E-state index contributed by atoms with van der Waals surface area (Å²) in [6, 6.07) is 11.4. The molecule has 3 nitrogen and oxygen atoms in total. The lowest BCUT2D eigenvalue weighted by Gasteiger charge is -2.11. The van der Waals surface area contributed by atoms with Gasteiger partial charge in [-0.1, -0.05) is 24.3 Å². The summed E-state index contributed by atoms with van der Waals surface area (Å²) in [5.41, 5.74) is -1.40. The van der Waals surface area contributed by atoms with Crippen molar-refractivity contribution in [1.82, 2.24) is 0 Å². The molecule has 0 saturated heterocycles.